The first-order valence-corrected chi connectivity index (χ1v) is 6.62. The van der Waals surface area contributed by atoms with E-state index < -0.39 is 4.92 Å². The second kappa shape index (κ2) is 4.64. The molecule has 1 aliphatic carbocycles. The molecule has 0 heterocycles. The Morgan fingerprint density at radius 2 is 2.24 bits per heavy atom. The van der Waals surface area contributed by atoms with E-state index in [1.807, 2.05) is 6.92 Å². The van der Waals surface area contributed by atoms with Crippen molar-refractivity contribution < 1.29 is 9.66 Å². The van der Waals surface area contributed by atoms with Gasteiger partial charge in [-0.3, -0.25) is 10.1 Å². The lowest BCUT2D eigenvalue weighted by Gasteiger charge is -2.14. The number of hydrogen-bond acceptors (Lipinski definition) is 3. The third kappa shape index (κ3) is 2.77. The van der Waals surface area contributed by atoms with Crippen LogP contribution in [0.15, 0.2) is 18.2 Å². The summed E-state index contributed by atoms with van der Waals surface area (Å²) in [6, 6.07) is 4.71. The van der Waals surface area contributed by atoms with Crippen molar-refractivity contribution in [1.29, 1.82) is 0 Å². The van der Waals surface area contributed by atoms with Crippen LogP contribution in [0, 0.1) is 22.5 Å². The van der Waals surface area contributed by atoms with E-state index in [2.05, 4.69) is 15.9 Å². The van der Waals surface area contributed by atoms with Gasteiger partial charge in [-0.1, -0.05) is 15.9 Å². The number of nitro groups is 1. The fraction of sp³-hybridized carbons (Fsp3) is 0.500. The van der Waals surface area contributed by atoms with Gasteiger partial charge in [0.15, 0.2) is 0 Å². The number of benzene rings is 1. The van der Waals surface area contributed by atoms with Crippen molar-refractivity contribution in [2.75, 3.05) is 11.9 Å². The van der Waals surface area contributed by atoms with Crippen LogP contribution in [0.5, 0.6) is 5.75 Å². The highest BCUT2D eigenvalue weighted by atomic mass is 79.9. The number of hydrogen-bond donors (Lipinski definition) is 0. The minimum Gasteiger partial charge on any atom is -0.493 e. The van der Waals surface area contributed by atoms with E-state index in [0.29, 0.717) is 6.61 Å². The molecule has 92 valence electrons. The van der Waals surface area contributed by atoms with Gasteiger partial charge in [-0.2, -0.15) is 0 Å². The molecule has 0 unspecified atom stereocenters. The lowest BCUT2D eigenvalue weighted by Crippen LogP contribution is -2.14. The maximum absolute atomic E-state index is 10.6. The Hall–Kier alpha value is -1.10. The molecule has 1 saturated carbocycles. The molecule has 2 rings (SSSR count). The fourth-order valence-electron chi connectivity index (χ4n) is 1.63. The highest BCUT2D eigenvalue weighted by Gasteiger charge is 2.42. The Balaban J connectivity index is 2.04. The number of nitrogens with zero attached hydrogens (tertiary/aromatic N) is 1. The SMILES string of the molecule is Cc1cc([N+](=O)[O-])ccc1OCC1(CBr)CC1. The summed E-state index contributed by atoms with van der Waals surface area (Å²) in [7, 11) is 0. The van der Waals surface area contributed by atoms with Crippen LogP contribution in [0.4, 0.5) is 5.69 Å². The molecular weight excluding hydrogens is 286 g/mol. The van der Waals surface area contributed by atoms with Crippen LogP contribution >= 0.6 is 15.9 Å². The van der Waals surface area contributed by atoms with Gasteiger partial charge in [-0.15, -0.1) is 0 Å². The predicted octanol–water partition coefficient (Wildman–Crippen LogP) is 3.46. The number of aryl methyl sites for hydroxylation is 1. The number of ether oxygens (including phenoxy) is 1. The summed E-state index contributed by atoms with van der Waals surface area (Å²) in [4.78, 5) is 10.2. The molecule has 4 nitrogen and oxygen atoms in total. The van der Waals surface area contributed by atoms with E-state index >= 15 is 0 Å². The highest BCUT2D eigenvalue weighted by molar-refractivity contribution is 9.09. The minimum absolute atomic E-state index is 0.108. The van der Waals surface area contributed by atoms with Gasteiger partial charge in [0, 0.05) is 22.9 Å². The van der Waals surface area contributed by atoms with Crippen LogP contribution in [0.3, 0.4) is 0 Å². The van der Waals surface area contributed by atoms with Crippen LogP contribution < -0.4 is 4.74 Å². The molecule has 0 amide bonds. The Kier molecular flexibility index (Phi) is 3.38. The smallest absolute Gasteiger partial charge is 0.269 e. The molecular formula is C12H14BrNO3. The number of nitro benzene ring substituents is 1. The topological polar surface area (TPSA) is 52.4 Å². The van der Waals surface area contributed by atoms with E-state index in [9.17, 15) is 10.1 Å². The summed E-state index contributed by atoms with van der Waals surface area (Å²) in [6.45, 7) is 2.51. The number of rotatable bonds is 5. The zero-order valence-corrected chi connectivity index (χ0v) is 11.2. The van der Waals surface area contributed by atoms with Gasteiger partial charge in [0.1, 0.15) is 5.75 Å². The third-order valence-electron chi connectivity index (χ3n) is 3.14. The molecule has 17 heavy (non-hydrogen) atoms. The summed E-state index contributed by atoms with van der Waals surface area (Å²) >= 11 is 3.49. The van der Waals surface area contributed by atoms with E-state index in [0.717, 1.165) is 16.6 Å². The Bertz CT molecular complexity index is 443. The Morgan fingerprint density at radius 3 is 2.71 bits per heavy atom. The largest absolute Gasteiger partial charge is 0.493 e. The first kappa shape index (κ1) is 12.4. The lowest BCUT2D eigenvalue weighted by molar-refractivity contribution is -0.384. The van der Waals surface area contributed by atoms with E-state index in [1.54, 1.807) is 12.1 Å². The Labute approximate surface area is 108 Å². The van der Waals surface area contributed by atoms with Crippen molar-refractivity contribution in [1.82, 2.24) is 0 Å². The van der Waals surface area contributed by atoms with Crippen LogP contribution in [0.1, 0.15) is 18.4 Å². The van der Waals surface area contributed by atoms with Crippen molar-refractivity contribution in [3.8, 4) is 5.75 Å². The number of non-ortho nitro benzene ring substituents is 1. The van der Waals surface area contributed by atoms with E-state index in [1.165, 1.54) is 18.9 Å². The van der Waals surface area contributed by atoms with Crippen LogP contribution in [0.25, 0.3) is 0 Å². The first-order valence-electron chi connectivity index (χ1n) is 5.50. The van der Waals surface area contributed by atoms with Gasteiger partial charge in [-0.05, 0) is 31.4 Å². The zero-order chi connectivity index (χ0) is 12.5. The maximum Gasteiger partial charge on any atom is 0.269 e. The molecule has 0 saturated heterocycles. The van der Waals surface area contributed by atoms with Crippen molar-refractivity contribution in [2.24, 2.45) is 5.41 Å². The average molecular weight is 300 g/mol. The normalized spacial score (nSPS) is 16.6. The van der Waals surface area contributed by atoms with Crippen LogP contribution in [-0.4, -0.2) is 16.9 Å². The Morgan fingerprint density at radius 1 is 1.53 bits per heavy atom. The van der Waals surface area contributed by atoms with Crippen molar-refractivity contribution in [3.05, 3.63) is 33.9 Å². The van der Waals surface area contributed by atoms with Crippen LogP contribution in [0.2, 0.25) is 0 Å². The molecule has 1 fully saturated rings. The molecule has 0 bridgehead atoms. The quantitative estimate of drug-likeness (QED) is 0.475. The monoisotopic (exact) mass is 299 g/mol. The van der Waals surface area contributed by atoms with E-state index in [4.69, 9.17) is 4.74 Å². The van der Waals surface area contributed by atoms with Gasteiger partial charge < -0.3 is 4.74 Å². The summed E-state index contributed by atoms with van der Waals surface area (Å²) in [6.07, 6.45) is 2.37. The summed E-state index contributed by atoms with van der Waals surface area (Å²) < 4.78 is 5.74. The number of alkyl halides is 1. The summed E-state index contributed by atoms with van der Waals surface area (Å²) in [5.74, 6) is 0.739. The highest BCUT2D eigenvalue weighted by Crippen LogP contribution is 2.47. The molecule has 0 radical (unpaired) electrons. The summed E-state index contributed by atoms with van der Waals surface area (Å²) in [5, 5.41) is 11.5. The lowest BCUT2D eigenvalue weighted by atomic mass is 10.1. The third-order valence-corrected chi connectivity index (χ3v) is 4.33. The van der Waals surface area contributed by atoms with Crippen molar-refractivity contribution in [3.63, 3.8) is 0 Å². The molecule has 1 aliphatic rings. The second-order valence-corrected chi connectivity index (χ2v) is 5.19. The fourth-order valence-corrected chi connectivity index (χ4v) is 2.36. The molecule has 5 heteroatoms. The van der Waals surface area contributed by atoms with Gasteiger partial charge in [0.2, 0.25) is 0 Å². The molecule has 0 spiro atoms. The van der Waals surface area contributed by atoms with Gasteiger partial charge >= 0.3 is 0 Å². The zero-order valence-electron chi connectivity index (χ0n) is 9.61. The summed E-state index contributed by atoms with van der Waals surface area (Å²) in [5.41, 5.74) is 1.20. The molecule has 0 aromatic heterocycles. The molecule has 0 N–H and O–H groups in total. The standard InChI is InChI=1S/C12H14BrNO3/c1-9-6-10(14(15)16)2-3-11(9)17-8-12(7-13)4-5-12/h2-3,6H,4-5,7-8H2,1H3. The molecule has 0 aliphatic heterocycles. The van der Waals surface area contributed by atoms with Gasteiger partial charge in [-0.25, -0.2) is 0 Å². The molecule has 1 aromatic carbocycles. The van der Waals surface area contributed by atoms with E-state index in [-0.39, 0.29) is 11.1 Å². The second-order valence-electron chi connectivity index (χ2n) is 4.63. The predicted molar refractivity (Wildman–Crippen MR) is 68.8 cm³/mol. The average Bonchev–Trinajstić information content (AvgIpc) is 3.08. The number of halogens is 1. The maximum atomic E-state index is 10.6. The van der Waals surface area contributed by atoms with Crippen LogP contribution in [-0.2, 0) is 0 Å². The van der Waals surface area contributed by atoms with Crippen molar-refractivity contribution >= 4 is 21.6 Å². The van der Waals surface area contributed by atoms with Gasteiger partial charge in [0.25, 0.3) is 5.69 Å². The van der Waals surface area contributed by atoms with Gasteiger partial charge in [0.05, 0.1) is 11.5 Å². The minimum atomic E-state index is -0.391. The van der Waals surface area contributed by atoms with Crippen molar-refractivity contribution in [2.45, 2.75) is 19.8 Å². The molecule has 0 atom stereocenters. The molecule has 1 aromatic rings. The first-order chi connectivity index (χ1) is 8.06.